The van der Waals surface area contributed by atoms with E-state index in [1.54, 1.807) is 31.2 Å². The summed E-state index contributed by atoms with van der Waals surface area (Å²) in [6.45, 7) is 3.76. The third kappa shape index (κ3) is 5.70. The summed E-state index contributed by atoms with van der Waals surface area (Å²) >= 11 is 7.32. The smallest absolute Gasteiger partial charge is 0.250 e. The van der Waals surface area contributed by atoms with Crippen LogP contribution in [-0.2, 0) is 4.79 Å². The van der Waals surface area contributed by atoms with Crippen molar-refractivity contribution >= 4 is 35.0 Å². The standard InChI is InChI=1S/C25H21ClFN5OS/c1-16-3-5-19(6-4-16)24-30-31-25(32(24)22-13-9-20(26)10-14-22)34-15-23(33)29-28-17(2)18-7-11-21(27)12-8-18/h3-14H,15H2,1-2H3,(H,29,33)/b28-17+. The number of rotatable bonds is 7. The molecule has 0 saturated carbocycles. The Labute approximate surface area is 205 Å². The Balaban J connectivity index is 1.52. The average molecular weight is 494 g/mol. The summed E-state index contributed by atoms with van der Waals surface area (Å²) in [6.07, 6.45) is 0. The molecule has 1 N–H and O–H groups in total. The third-order valence-electron chi connectivity index (χ3n) is 4.97. The molecule has 4 rings (SSSR count). The Bertz CT molecular complexity index is 1320. The average Bonchev–Trinajstić information content (AvgIpc) is 3.26. The molecule has 0 radical (unpaired) electrons. The van der Waals surface area contributed by atoms with Crippen LogP contribution in [0.1, 0.15) is 18.1 Å². The van der Waals surface area contributed by atoms with Gasteiger partial charge >= 0.3 is 0 Å². The van der Waals surface area contributed by atoms with E-state index in [-0.39, 0.29) is 17.5 Å². The number of aromatic nitrogens is 3. The highest BCUT2D eigenvalue weighted by atomic mass is 35.5. The zero-order chi connectivity index (χ0) is 24.1. The van der Waals surface area contributed by atoms with Gasteiger partial charge in [-0.2, -0.15) is 5.10 Å². The summed E-state index contributed by atoms with van der Waals surface area (Å²) in [6, 6.07) is 21.3. The van der Waals surface area contributed by atoms with Crippen LogP contribution in [0.15, 0.2) is 83.1 Å². The first-order chi connectivity index (χ1) is 16.4. The number of nitrogens with zero attached hydrogens (tertiary/aromatic N) is 4. The van der Waals surface area contributed by atoms with Gasteiger partial charge in [0.1, 0.15) is 5.82 Å². The highest BCUT2D eigenvalue weighted by molar-refractivity contribution is 7.99. The van der Waals surface area contributed by atoms with E-state index in [2.05, 4.69) is 20.7 Å². The Morgan fingerprint density at radius 2 is 1.71 bits per heavy atom. The molecule has 0 spiro atoms. The molecule has 1 heterocycles. The fourth-order valence-corrected chi connectivity index (χ4v) is 4.01. The summed E-state index contributed by atoms with van der Waals surface area (Å²) in [5.74, 6) is 0.121. The zero-order valence-electron chi connectivity index (χ0n) is 18.5. The number of hydrogen-bond acceptors (Lipinski definition) is 5. The van der Waals surface area contributed by atoms with Crippen LogP contribution in [0.5, 0.6) is 0 Å². The normalized spacial score (nSPS) is 11.5. The minimum absolute atomic E-state index is 0.0832. The van der Waals surface area contributed by atoms with Gasteiger partial charge in [-0.25, -0.2) is 9.82 Å². The van der Waals surface area contributed by atoms with Crippen LogP contribution >= 0.6 is 23.4 Å². The quantitative estimate of drug-likeness (QED) is 0.204. The molecule has 34 heavy (non-hydrogen) atoms. The van der Waals surface area contributed by atoms with E-state index < -0.39 is 0 Å². The van der Waals surface area contributed by atoms with Crippen molar-refractivity contribution in [2.24, 2.45) is 5.10 Å². The highest BCUT2D eigenvalue weighted by Gasteiger charge is 2.17. The lowest BCUT2D eigenvalue weighted by Gasteiger charge is -2.10. The predicted molar refractivity (Wildman–Crippen MR) is 134 cm³/mol. The number of halogens is 2. The molecular formula is C25H21ClFN5OS. The van der Waals surface area contributed by atoms with Crippen molar-refractivity contribution in [2.45, 2.75) is 19.0 Å². The van der Waals surface area contributed by atoms with Crippen molar-refractivity contribution in [2.75, 3.05) is 5.75 Å². The number of thioether (sulfide) groups is 1. The topological polar surface area (TPSA) is 72.2 Å². The van der Waals surface area contributed by atoms with Gasteiger partial charge in [0, 0.05) is 16.3 Å². The lowest BCUT2D eigenvalue weighted by molar-refractivity contribution is -0.118. The molecule has 1 aromatic heterocycles. The molecule has 0 aliphatic carbocycles. The summed E-state index contributed by atoms with van der Waals surface area (Å²) in [5, 5.41) is 14.0. The Morgan fingerprint density at radius 3 is 2.38 bits per heavy atom. The molecule has 172 valence electrons. The van der Waals surface area contributed by atoms with E-state index in [1.807, 2.05) is 47.9 Å². The van der Waals surface area contributed by atoms with E-state index in [0.29, 0.717) is 21.7 Å². The van der Waals surface area contributed by atoms with E-state index in [0.717, 1.165) is 22.4 Å². The molecule has 9 heteroatoms. The molecule has 3 aromatic carbocycles. The Kier molecular flexibility index (Phi) is 7.40. The van der Waals surface area contributed by atoms with Crippen LogP contribution in [0.4, 0.5) is 4.39 Å². The minimum Gasteiger partial charge on any atom is -0.272 e. The summed E-state index contributed by atoms with van der Waals surface area (Å²) in [7, 11) is 0. The van der Waals surface area contributed by atoms with Gasteiger partial charge in [0.2, 0.25) is 0 Å². The fourth-order valence-electron chi connectivity index (χ4n) is 3.14. The molecule has 0 bridgehead atoms. The summed E-state index contributed by atoms with van der Waals surface area (Å²) in [4.78, 5) is 12.4. The van der Waals surface area contributed by atoms with Crippen molar-refractivity contribution in [3.8, 4) is 17.1 Å². The van der Waals surface area contributed by atoms with E-state index in [1.165, 1.54) is 23.9 Å². The second-order valence-electron chi connectivity index (χ2n) is 7.51. The van der Waals surface area contributed by atoms with Gasteiger partial charge in [-0.3, -0.25) is 9.36 Å². The van der Waals surface area contributed by atoms with Crippen molar-refractivity contribution in [1.29, 1.82) is 0 Å². The zero-order valence-corrected chi connectivity index (χ0v) is 20.1. The Hall–Kier alpha value is -3.49. The molecule has 0 saturated heterocycles. The third-order valence-corrected chi connectivity index (χ3v) is 6.15. The number of carbonyl (C=O) groups is 1. The number of amides is 1. The van der Waals surface area contributed by atoms with E-state index in [4.69, 9.17) is 11.6 Å². The van der Waals surface area contributed by atoms with Crippen LogP contribution in [0.2, 0.25) is 5.02 Å². The lowest BCUT2D eigenvalue weighted by atomic mass is 10.1. The van der Waals surface area contributed by atoms with Crippen molar-refractivity contribution in [1.82, 2.24) is 20.2 Å². The van der Waals surface area contributed by atoms with Gasteiger partial charge in [-0.1, -0.05) is 65.3 Å². The van der Waals surface area contributed by atoms with Gasteiger partial charge < -0.3 is 0 Å². The second kappa shape index (κ2) is 10.6. The first kappa shape index (κ1) is 23.7. The molecule has 0 unspecified atom stereocenters. The van der Waals surface area contributed by atoms with E-state index >= 15 is 0 Å². The van der Waals surface area contributed by atoms with Crippen LogP contribution in [0, 0.1) is 12.7 Å². The molecular weight excluding hydrogens is 473 g/mol. The van der Waals surface area contributed by atoms with Gasteiger partial charge in [0.15, 0.2) is 11.0 Å². The van der Waals surface area contributed by atoms with Gasteiger partial charge in [0.25, 0.3) is 5.91 Å². The molecule has 4 aromatic rings. The maximum absolute atomic E-state index is 13.1. The molecule has 6 nitrogen and oxygen atoms in total. The van der Waals surface area contributed by atoms with Crippen molar-refractivity contribution in [3.63, 3.8) is 0 Å². The first-order valence-corrected chi connectivity index (χ1v) is 11.8. The minimum atomic E-state index is -0.327. The first-order valence-electron chi connectivity index (χ1n) is 10.4. The number of hydrogen-bond donors (Lipinski definition) is 1. The Morgan fingerprint density at radius 1 is 1.03 bits per heavy atom. The van der Waals surface area contributed by atoms with Crippen LogP contribution < -0.4 is 5.43 Å². The molecule has 0 atom stereocenters. The maximum Gasteiger partial charge on any atom is 0.250 e. The summed E-state index contributed by atoms with van der Waals surface area (Å²) in [5.41, 5.74) is 6.71. The van der Waals surface area contributed by atoms with E-state index in [9.17, 15) is 9.18 Å². The fraction of sp³-hybridized carbons (Fsp3) is 0.120. The van der Waals surface area contributed by atoms with Crippen LogP contribution in [0.3, 0.4) is 0 Å². The van der Waals surface area contributed by atoms with Crippen molar-refractivity contribution in [3.05, 3.63) is 94.8 Å². The molecule has 0 fully saturated rings. The second-order valence-corrected chi connectivity index (χ2v) is 8.89. The van der Waals surface area contributed by atoms with Gasteiger partial charge in [-0.05, 0) is 55.8 Å². The maximum atomic E-state index is 13.1. The number of aryl methyl sites for hydroxylation is 1. The van der Waals surface area contributed by atoms with Crippen molar-refractivity contribution < 1.29 is 9.18 Å². The van der Waals surface area contributed by atoms with Gasteiger partial charge in [0.05, 0.1) is 11.5 Å². The number of nitrogens with one attached hydrogen (secondary N) is 1. The number of carbonyl (C=O) groups excluding carboxylic acids is 1. The molecule has 0 aliphatic heterocycles. The van der Waals surface area contributed by atoms with Crippen LogP contribution in [-0.4, -0.2) is 32.1 Å². The molecule has 0 aliphatic rings. The monoisotopic (exact) mass is 493 g/mol. The lowest BCUT2D eigenvalue weighted by Crippen LogP contribution is -2.21. The highest BCUT2D eigenvalue weighted by Crippen LogP contribution is 2.28. The number of hydrazone groups is 1. The van der Waals surface area contributed by atoms with Gasteiger partial charge in [-0.15, -0.1) is 10.2 Å². The predicted octanol–water partition coefficient (Wildman–Crippen LogP) is 5.67. The van der Waals surface area contributed by atoms with Crippen LogP contribution in [0.25, 0.3) is 17.1 Å². The SMILES string of the molecule is C/C(=N\NC(=O)CSc1nnc(-c2ccc(C)cc2)n1-c1ccc(Cl)cc1)c1ccc(F)cc1. The number of benzene rings is 3. The summed E-state index contributed by atoms with van der Waals surface area (Å²) < 4.78 is 15.0. The largest absolute Gasteiger partial charge is 0.272 e. The molecule has 1 amide bonds.